The van der Waals surface area contributed by atoms with E-state index >= 15 is 0 Å². The van der Waals surface area contributed by atoms with E-state index in [0.29, 0.717) is 12.2 Å². The van der Waals surface area contributed by atoms with Crippen molar-refractivity contribution < 1.29 is 23.9 Å². The molecule has 4 amide bonds. The summed E-state index contributed by atoms with van der Waals surface area (Å²) >= 11 is 0. The minimum absolute atomic E-state index is 0.0721. The van der Waals surface area contributed by atoms with Gasteiger partial charge in [-0.1, -0.05) is 56.3 Å². The molecule has 226 valence electrons. The van der Waals surface area contributed by atoms with Gasteiger partial charge < -0.3 is 25.6 Å². The Labute approximate surface area is 248 Å². The van der Waals surface area contributed by atoms with Gasteiger partial charge in [0, 0.05) is 32.7 Å². The minimum atomic E-state index is -1.12. The van der Waals surface area contributed by atoms with Crippen molar-refractivity contribution in [2.45, 2.75) is 64.2 Å². The fourth-order valence-corrected chi connectivity index (χ4v) is 5.40. The average Bonchev–Trinajstić information content (AvgIpc) is 2.97. The number of ether oxygens (including phenoxy) is 1. The molecule has 2 atom stereocenters. The van der Waals surface area contributed by atoms with E-state index in [2.05, 4.69) is 33.0 Å². The molecule has 0 aromatic heterocycles. The molecule has 1 fully saturated rings. The van der Waals surface area contributed by atoms with Crippen LogP contribution in [-0.2, 0) is 20.9 Å². The molecule has 1 saturated heterocycles. The number of hydrogen-bond acceptors (Lipinski definition) is 6. The second kappa shape index (κ2) is 14.8. The van der Waals surface area contributed by atoms with Crippen molar-refractivity contribution in [3.05, 3.63) is 65.7 Å². The SMILES string of the molecule is CC(C)C[C@H]1NC(=O)C[C@@H](C(=O)NC2CCN(Cc3ccccc3)CC2)NC(=O)c2ccccc2OCCN(C)C1=O. The fraction of sp³-hybridized carbons (Fsp3) is 0.500. The quantitative estimate of drug-likeness (QED) is 0.485. The summed E-state index contributed by atoms with van der Waals surface area (Å²) in [6, 6.07) is 15.1. The summed E-state index contributed by atoms with van der Waals surface area (Å²) in [6.45, 7) is 6.92. The number of fused-ring (bicyclic) bond motifs is 1. The van der Waals surface area contributed by atoms with E-state index in [9.17, 15) is 19.2 Å². The van der Waals surface area contributed by atoms with Crippen LogP contribution >= 0.6 is 0 Å². The summed E-state index contributed by atoms with van der Waals surface area (Å²) in [5, 5.41) is 8.66. The zero-order valence-corrected chi connectivity index (χ0v) is 24.8. The Bertz CT molecular complexity index is 1230. The maximum Gasteiger partial charge on any atom is 0.255 e. The molecule has 0 bridgehead atoms. The third kappa shape index (κ3) is 8.79. The van der Waals surface area contributed by atoms with Crippen LogP contribution in [0.2, 0.25) is 0 Å². The van der Waals surface area contributed by atoms with Crippen LogP contribution in [0.3, 0.4) is 0 Å². The molecule has 10 heteroatoms. The summed E-state index contributed by atoms with van der Waals surface area (Å²) in [6.07, 6.45) is 1.68. The second-order valence-electron chi connectivity index (χ2n) is 11.6. The molecule has 0 aliphatic carbocycles. The smallest absolute Gasteiger partial charge is 0.255 e. The predicted octanol–water partition coefficient (Wildman–Crippen LogP) is 2.34. The van der Waals surface area contributed by atoms with Crippen LogP contribution in [0.4, 0.5) is 0 Å². The minimum Gasteiger partial charge on any atom is -0.491 e. The Morgan fingerprint density at radius 3 is 2.38 bits per heavy atom. The van der Waals surface area contributed by atoms with E-state index < -0.39 is 29.8 Å². The van der Waals surface area contributed by atoms with E-state index in [1.54, 1.807) is 31.3 Å². The van der Waals surface area contributed by atoms with Crippen molar-refractivity contribution in [3.63, 3.8) is 0 Å². The van der Waals surface area contributed by atoms with Gasteiger partial charge >= 0.3 is 0 Å². The Morgan fingerprint density at radius 1 is 0.976 bits per heavy atom. The molecule has 0 spiro atoms. The molecule has 2 aromatic rings. The number of hydrogen-bond donors (Lipinski definition) is 3. The number of nitrogens with one attached hydrogen (secondary N) is 3. The predicted molar refractivity (Wildman–Crippen MR) is 160 cm³/mol. The Hall–Kier alpha value is -3.92. The molecule has 0 radical (unpaired) electrons. The number of rotatable bonds is 6. The Morgan fingerprint density at radius 2 is 1.67 bits per heavy atom. The van der Waals surface area contributed by atoms with Crippen LogP contribution in [0.1, 0.15) is 55.5 Å². The fourth-order valence-electron chi connectivity index (χ4n) is 5.40. The van der Waals surface area contributed by atoms with Gasteiger partial charge in [-0.3, -0.25) is 24.1 Å². The zero-order chi connectivity index (χ0) is 30.1. The van der Waals surface area contributed by atoms with Crippen molar-refractivity contribution in [1.29, 1.82) is 0 Å². The summed E-state index contributed by atoms with van der Waals surface area (Å²) in [5.74, 6) is -1.12. The first-order valence-electron chi connectivity index (χ1n) is 14.8. The largest absolute Gasteiger partial charge is 0.491 e. The van der Waals surface area contributed by atoms with Crippen molar-refractivity contribution in [1.82, 2.24) is 25.8 Å². The highest BCUT2D eigenvalue weighted by Gasteiger charge is 2.31. The van der Waals surface area contributed by atoms with Gasteiger partial charge in [-0.15, -0.1) is 0 Å². The van der Waals surface area contributed by atoms with Crippen molar-refractivity contribution in [2.75, 3.05) is 33.3 Å². The van der Waals surface area contributed by atoms with Crippen LogP contribution in [-0.4, -0.2) is 84.8 Å². The number of para-hydroxylation sites is 1. The number of nitrogens with zero attached hydrogens (tertiary/aromatic N) is 2. The molecular formula is C32H43N5O5. The van der Waals surface area contributed by atoms with Crippen LogP contribution in [0.15, 0.2) is 54.6 Å². The van der Waals surface area contributed by atoms with E-state index in [-0.39, 0.29) is 43.0 Å². The van der Waals surface area contributed by atoms with Crippen LogP contribution < -0.4 is 20.7 Å². The Kier molecular flexibility index (Phi) is 10.9. The number of amides is 4. The summed E-state index contributed by atoms with van der Waals surface area (Å²) in [5.41, 5.74) is 1.51. The lowest BCUT2D eigenvalue weighted by Gasteiger charge is -2.33. The van der Waals surface area contributed by atoms with Gasteiger partial charge in [-0.2, -0.15) is 0 Å². The van der Waals surface area contributed by atoms with Crippen molar-refractivity contribution in [3.8, 4) is 5.75 Å². The third-order valence-electron chi connectivity index (χ3n) is 7.73. The van der Waals surface area contributed by atoms with Crippen LogP contribution in [0.5, 0.6) is 5.75 Å². The van der Waals surface area contributed by atoms with Gasteiger partial charge in [0.2, 0.25) is 17.7 Å². The van der Waals surface area contributed by atoms with E-state index in [1.807, 2.05) is 32.0 Å². The van der Waals surface area contributed by atoms with Crippen molar-refractivity contribution in [2.24, 2.45) is 5.92 Å². The lowest BCUT2D eigenvalue weighted by molar-refractivity contribution is -0.136. The van der Waals surface area contributed by atoms with Gasteiger partial charge in [0.15, 0.2) is 0 Å². The van der Waals surface area contributed by atoms with Gasteiger partial charge in [0.25, 0.3) is 5.91 Å². The third-order valence-corrected chi connectivity index (χ3v) is 7.73. The maximum atomic E-state index is 13.5. The van der Waals surface area contributed by atoms with Gasteiger partial charge in [-0.05, 0) is 42.9 Å². The molecular weight excluding hydrogens is 534 g/mol. The number of piperidine rings is 1. The highest BCUT2D eigenvalue weighted by molar-refractivity contribution is 6.01. The second-order valence-corrected chi connectivity index (χ2v) is 11.6. The molecule has 0 saturated carbocycles. The number of benzene rings is 2. The zero-order valence-electron chi connectivity index (χ0n) is 24.8. The number of likely N-dealkylation sites (tertiary alicyclic amines) is 1. The van der Waals surface area contributed by atoms with Gasteiger partial charge in [-0.25, -0.2) is 0 Å². The summed E-state index contributed by atoms with van der Waals surface area (Å²) < 4.78 is 5.88. The highest BCUT2D eigenvalue weighted by Crippen LogP contribution is 2.19. The van der Waals surface area contributed by atoms with E-state index in [4.69, 9.17) is 4.74 Å². The lowest BCUT2D eigenvalue weighted by atomic mass is 10.0. The van der Waals surface area contributed by atoms with Crippen LogP contribution in [0, 0.1) is 5.92 Å². The topological polar surface area (TPSA) is 120 Å². The van der Waals surface area contributed by atoms with Crippen molar-refractivity contribution >= 4 is 23.6 Å². The van der Waals surface area contributed by atoms with E-state index in [1.165, 1.54) is 10.5 Å². The normalized spacial score (nSPS) is 21.5. The molecule has 10 nitrogen and oxygen atoms in total. The number of carbonyl (C=O) groups is 4. The molecule has 3 N–H and O–H groups in total. The molecule has 2 heterocycles. The first-order valence-corrected chi connectivity index (χ1v) is 14.8. The maximum absolute atomic E-state index is 13.5. The monoisotopic (exact) mass is 577 g/mol. The molecule has 2 aliphatic heterocycles. The number of carbonyl (C=O) groups excluding carboxylic acids is 4. The highest BCUT2D eigenvalue weighted by atomic mass is 16.5. The first kappa shape index (κ1) is 31.0. The lowest BCUT2D eigenvalue weighted by Crippen LogP contribution is -2.55. The molecule has 4 rings (SSSR count). The molecule has 2 aromatic carbocycles. The van der Waals surface area contributed by atoms with Crippen LogP contribution in [0.25, 0.3) is 0 Å². The van der Waals surface area contributed by atoms with Gasteiger partial charge in [0.05, 0.1) is 18.5 Å². The Balaban J connectivity index is 1.47. The summed E-state index contributed by atoms with van der Waals surface area (Å²) in [7, 11) is 1.66. The molecule has 0 unspecified atom stereocenters. The molecule has 2 aliphatic rings. The molecule has 42 heavy (non-hydrogen) atoms. The average molecular weight is 578 g/mol. The summed E-state index contributed by atoms with van der Waals surface area (Å²) in [4.78, 5) is 57.2. The van der Waals surface area contributed by atoms with E-state index in [0.717, 1.165) is 32.5 Å². The first-order chi connectivity index (χ1) is 20.2. The number of likely N-dealkylation sites (N-methyl/N-ethyl adjacent to an activating group) is 1. The standard InChI is InChI=1S/C32H43N5O5/c1-22(2)19-27-32(41)36(3)17-18-42-28-12-8-7-11-25(28)30(39)35-26(20-29(38)34-27)31(40)33-24-13-15-37(16-14-24)21-23-9-5-4-6-10-23/h4-12,22,24,26-27H,13-21H2,1-3H3,(H,33,40)(H,34,38)(H,35,39)/t26-,27+/m0/s1. The van der Waals surface area contributed by atoms with Gasteiger partial charge in [0.1, 0.15) is 24.4 Å².